The van der Waals surface area contributed by atoms with Gasteiger partial charge in [0.25, 0.3) is 0 Å². The lowest BCUT2D eigenvalue weighted by atomic mass is 9.51. The van der Waals surface area contributed by atoms with E-state index in [4.69, 9.17) is 18.9 Å². The van der Waals surface area contributed by atoms with Gasteiger partial charge in [-0.05, 0) is 24.7 Å². The van der Waals surface area contributed by atoms with Gasteiger partial charge in [-0.3, -0.25) is 4.79 Å². The Morgan fingerprint density at radius 2 is 1.72 bits per heavy atom. The number of hydrogen-bond donors (Lipinski definition) is 2. The third-order valence-corrected chi connectivity index (χ3v) is 8.97. The maximum absolute atomic E-state index is 13.3. The number of rotatable bonds is 0. The van der Waals surface area contributed by atoms with Gasteiger partial charge in [0.2, 0.25) is 11.9 Å². The van der Waals surface area contributed by atoms with Crippen molar-refractivity contribution in [2.45, 2.75) is 76.3 Å². The molecule has 2 saturated carbocycles. The lowest BCUT2D eigenvalue weighted by Crippen LogP contribution is -2.66. The molecule has 29 heavy (non-hydrogen) atoms. The second kappa shape index (κ2) is 4.48. The van der Waals surface area contributed by atoms with E-state index < -0.39 is 70.5 Å². The van der Waals surface area contributed by atoms with Crippen molar-refractivity contribution in [2.24, 2.45) is 28.1 Å². The zero-order valence-corrected chi connectivity index (χ0v) is 16.6. The molecule has 4 saturated heterocycles. The van der Waals surface area contributed by atoms with E-state index in [1.165, 1.54) is 6.92 Å². The fraction of sp³-hybridized carbons (Fsp3) is 0.850. The first-order chi connectivity index (χ1) is 13.4. The third-order valence-electron chi connectivity index (χ3n) is 8.97. The van der Waals surface area contributed by atoms with Gasteiger partial charge in [-0.2, -0.15) is 0 Å². The van der Waals surface area contributed by atoms with Crippen LogP contribution in [0.4, 0.5) is 0 Å². The Hall–Kier alpha value is -1.71. The van der Waals surface area contributed by atoms with Crippen LogP contribution >= 0.6 is 0 Å². The first-order valence-electron chi connectivity index (χ1n) is 10.1. The summed E-state index contributed by atoms with van der Waals surface area (Å²) in [6.45, 7) is 7.47. The molecule has 2 spiro atoms. The zero-order chi connectivity index (χ0) is 20.9. The summed E-state index contributed by atoms with van der Waals surface area (Å²) in [6, 6.07) is 0. The van der Waals surface area contributed by atoms with Crippen molar-refractivity contribution in [1.82, 2.24) is 0 Å². The second-order valence-corrected chi connectivity index (χ2v) is 10.6. The van der Waals surface area contributed by atoms with Crippen molar-refractivity contribution < 1.29 is 43.5 Å². The molecule has 0 unspecified atom stereocenters. The van der Waals surface area contributed by atoms with Crippen molar-refractivity contribution in [3.8, 4) is 0 Å². The molecule has 6 aliphatic rings. The van der Waals surface area contributed by atoms with E-state index in [1.54, 1.807) is 0 Å². The molecule has 0 amide bonds. The van der Waals surface area contributed by atoms with Crippen molar-refractivity contribution in [2.75, 3.05) is 0 Å². The summed E-state index contributed by atoms with van der Waals surface area (Å²) in [7, 11) is 0. The van der Waals surface area contributed by atoms with Crippen molar-refractivity contribution >= 4 is 17.9 Å². The molecule has 4 aliphatic heterocycles. The summed E-state index contributed by atoms with van der Waals surface area (Å²) in [5.41, 5.74) is -6.81. The summed E-state index contributed by atoms with van der Waals surface area (Å²) in [5.74, 6) is -3.52. The number of carbonyl (C=O) groups is 3. The van der Waals surface area contributed by atoms with Crippen LogP contribution < -0.4 is 0 Å². The number of aliphatic hydroxyl groups is 2. The summed E-state index contributed by atoms with van der Waals surface area (Å²) >= 11 is 0. The largest absolute Gasteiger partial charge is 0.459 e. The molecule has 0 aromatic rings. The fourth-order valence-electron chi connectivity index (χ4n) is 8.06. The van der Waals surface area contributed by atoms with E-state index in [0.717, 1.165) is 0 Å². The molecule has 0 radical (unpaired) electrons. The van der Waals surface area contributed by atoms with Gasteiger partial charge in [-0.25, -0.2) is 9.59 Å². The fourth-order valence-corrected chi connectivity index (χ4v) is 8.06. The summed E-state index contributed by atoms with van der Waals surface area (Å²) in [5, 5.41) is 23.0. The van der Waals surface area contributed by atoms with Gasteiger partial charge in [0, 0.05) is 6.42 Å². The van der Waals surface area contributed by atoms with Crippen LogP contribution in [0.2, 0.25) is 0 Å². The highest BCUT2D eigenvalue weighted by Gasteiger charge is 3.01. The van der Waals surface area contributed by atoms with Gasteiger partial charge in [-0.1, -0.05) is 20.8 Å². The normalized spacial score (nSPS) is 59.2. The van der Waals surface area contributed by atoms with Gasteiger partial charge in [0.15, 0.2) is 11.7 Å². The zero-order valence-electron chi connectivity index (χ0n) is 16.6. The highest BCUT2D eigenvalue weighted by atomic mass is 16.8. The molecule has 10 atom stereocenters. The van der Waals surface area contributed by atoms with E-state index in [2.05, 4.69) is 0 Å². The number of esters is 3. The van der Waals surface area contributed by atoms with Crippen LogP contribution in [0.15, 0.2) is 0 Å². The number of carbonyl (C=O) groups excluding carboxylic acids is 3. The summed E-state index contributed by atoms with van der Waals surface area (Å²) in [4.78, 5) is 38.1. The quantitative estimate of drug-likeness (QED) is 0.408. The number of hydrogen-bond acceptors (Lipinski definition) is 9. The number of ether oxygens (including phenoxy) is 4. The van der Waals surface area contributed by atoms with Crippen LogP contribution in [0.3, 0.4) is 0 Å². The molecule has 9 heteroatoms. The van der Waals surface area contributed by atoms with Crippen LogP contribution in [-0.2, 0) is 33.3 Å². The predicted octanol–water partition coefficient (Wildman–Crippen LogP) is -0.340. The standard InChI is InChI=1S/C20H24O9/c1-7-12(22)26-10-6-17-9-5-8(16(2,3)4)18(17)11(21)13(23)28-15(18)29-20(17,14(24)27-9)19(7,10)25/h7-11,15,21,25H,5-6H2,1-4H3/t7-,8-,9+,10-,11+,15-,17+,18+,19+,20+/m1/s1. The van der Waals surface area contributed by atoms with E-state index >= 15 is 0 Å². The maximum Gasteiger partial charge on any atom is 0.342 e. The SMILES string of the molecule is C[C@@H]1C(=O)O[C@@H]2C[C@]34[C@@H]5C[C@H](C(C)(C)C)[C@]36[C@H](OC(=O)[C@@H]6O)O[C@]4(C(=O)O5)[C@]12O. The van der Waals surface area contributed by atoms with Crippen LogP contribution in [-0.4, -0.2) is 63.9 Å². The molecule has 6 rings (SSSR count). The highest BCUT2D eigenvalue weighted by Crippen LogP contribution is 2.84. The van der Waals surface area contributed by atoms with Gasteiger partial charge >= 0.3 is 17.9 Å². The molecule has 9 nitrogen and oxygen atoms in total. The highest BCUT2D eigenvalue weighted by molar-refractivity contribution is 5.93. The lowest BCUT2D eigenvalue weighted by molar-refractivity contribution is -0.238. The van der Waals surface area contributed by atoms with Gasteiger partial charge < -0.3 is 29.2 Å². The Balaban J connectivity index is 1.68. The first kappa shape index (κ1) is 18.1. The molecule has 0 aromatic carbocycles. The minimum Gasteiger partial charge on any atom is -0.459 e. The van der Waals surface area contributed by atoms with Crippen molar-refractivity contribution in [3.05, 3.63) is 0 Å². The molecule has 0 aromatic heterocycles. The van der Waals surface area contributed by atoms with E-state index in [9.17, 15) is 24.6 Å². The van der Waals surface area contributed by atoms with E-state index in [-0.39, 0.29) is 17.8 Å². The Bertz CT molecular complexity index is 893. The van der Waals surface area contributed by atoms with Crippen LogP contribution in [0.25, 0.3) is 0 Å². The molecule has 2 N–H and O–H groups in total. The van der Waals surface area contributed by atoms with Crippen molar-refractivity contribution in [1.29, 1.82) is 0 Å². The van der Waals surface area contributed by atoms with E-state index in [0.29, 0.717) is 6.42 Å². The Morgan fingerprint density at radius 1 is 1.03 bits per heavy atom. The molecule has 0 bridgehead atoms. The second-order valence-electron chi connectivity index (χ2n) is 10.6. The van der Waals surface area contributed by atoms with Crippen LogP contribution in [0.1, 0.15) is 40.5 Å². The van der Waals surface area contributed by atoms with Gasteiger partial charge in [0.05, 0.1) is 16.7 Å². The summed E-state index contributed by atoms with van der Waals surface area (Å²) in [6.07, 6.45) is -3.96. The Labute approximate surface area is 166 Å². The number of aliphatic hydroxyl groups excluding tert-OH is 1. The molecular formula is C20H24O9. The van der Waals surface area contributed by atoms with Gasteiger partial charge in [0.1, 0.15) is 12.2 Å². The predicted molar refractivity (Wildman–Crippen MR) is 90.6 cm³/mol. The maximum atomic E-state index is 13.3. The topological polar surface area (TPSA) is 129 Å². The van der Waals surface area contributed by atoms with Crippen molar-refractivity contribution in [3.63, 3.8) is 0 Å². The Morgan fingerprint density at radius 3 is 2.38 bits per heavy atom. The lowest BCUT2D eigenvalue weighted by Gasteiger charge is -2.46. The summed E-state index contributed by atoms with van der Waals surface area (Å²) < 4.78 is 22.9. The van der Waals surface area contributed by atoms with Crippen LogP contribution in [0, 0.1) is 28.1 Å². The molecule has 6 fully saturated rings. The average Bonchev–Trinajstić information content (AvgIpc) is 3.31. The van der Waals surface area contributed by atoms with Gasteiger partial charge in [-0.15, -0.1) is 0 Å². The van der Waals surface area contributed by atoms with Crippen LogP contribution in [0.5, 0.6) is 0 Å². The molecular weight excluding hydrogens is 384 g/mol. The third kappa shape index (κ3) is 1.35. The number of fused-ring (bicyclic) bond motifs is 1. The first-order valence-corrected chi connectivity index (χ1v) is 10.1. The smallest absolute Gasteiger partial charge is 0.342 e. The Kier molecular flexibility index (Phi) is 2.79. The molecule has 4 heterocycles. The molecule has 2 aliphatic carbocycles. The minimum atomic E-state index is -1.97. The average molecular weight is 408 g/mol. The monoisotopic (exact) mass is 408 g/mol. The van der Waals surface area contributed by atoms with E-state index in [1.807, 2.05) is 20.8 Å². The minimum absolute atomic E-state index is 0.0623. The molecule has 158 valence electrons.